The quantitative estimate of drug-likeness (QED) is 0.294. The van der Waals surface area contributed by atoms with Gasteiger partial charge in [-0.25, -0.2) is 0 Å². The third-order valence-corrected chi connectivity index (χ3v) is 2.78. The van der Waals surface area contributed by atoms with Crippen molar-refractivity contribution < 1.29 is 19.5 Å². The van der Waals surface area contributed by atoms with E-state index in [1.54, 1.807) is 6.07 Å². The van der Waals surface area contributed by atoms with Crippen molar-refractivity contribution in [1.82, 2.24) is 10.2 Å². The molecule has 0 aliphatic rings. The fraction of sp³-hybridized carbons (Fsp3) is 0.571. The van der Waals surface area contributed by atoms with Gasteiger partial charge >= 0.3 is 5.97 Å². The van der Waals surface area contributed by atoms with E-state index in [1.807, 2.05) is 0 Å². The van der Waals surface area contributed by atoms with E-state index in [4.69, 9.17) is 16.1 Å². The molecule has 2 amide bonds. The molecule has 0 aromatic rings. The number of nitrogens with two attached hydrogens (primary N) is 1. The van der Waals surface area contributed by atoms with Crippen LogP contribution in [-0.2, 0) is 14.4 Å². The number of carbonyl (C=O) groups is 3. The molecule has 0 rings (SSSR count). The fourth-order valence-corrected chi connectivity index (χ4v) is 1.62. The second kappa shape index (κ2) is 11.3. The molecule has 8 heteroatoms. The molecule has 0 aliphatic carbocycles. The molecule has 8 nitrogen and oxygen atoms in total. The molecule has 0 aliphatic heterocycles. The summed E-state index contributed by atoms with van der Waals surface area (Å²) in [6.45, 7) is 2.11. The number of nitrogens with zero attached hydrogens (tertiary/aromatic N) is 2. The van der Waals surface area contributed by atoms with E-state index in [0.717, 1.165) is 0 Å². The Kier molecular flexibility index (Phi) is 10.0. The Morgan fingerprint density at radius 2 is 2.00 bits per heavy atom. The number of amides is 2. The van der Waals surface area contributed by atoms with Crippen LogP contribution in [0.25, 0.3) is 0 Å². The van der Waals surface area contributed by atoms with Crippen LogP contribution < -0.4 is 11.1 Å². The zero-order valence-corrected chi connectivity index (χ0v) is 12.7. The number of carboxylic acids is 1. The molecule has 4 N–H and O–H groups in total. The maximum Gasteiger partial charge on any atom is 0.303 e. The van der Waals surface area contributed by atoms with Crippen molar-refractivity contribution >= 4 is 17.8 Å². The minimum Gasteiger partial charge on any atom is -0.481 e. The summed E-state index contributed by atoms with van der Waals surface area (Å²) in [7, 11) is 0. The first-order valence-electron chi connectivity index (χ1n) is 7.01. The Hall–Kier alpha value is -2.40. The van der Waals surface area contributed by atoms with E-state index in [2.05, 4.69) is 5.32 Å². The van der Waals surface area contributed by atoms with Crippen LogP contribution in [0.15, 0.2) is 11.8 Å². The molecule has 0 unspecified atom stereocenters. The van der Waals surface area contributed by atoms with Crippen molar-refractivity contribution in [1.29, 1.82) is 5.26 Å². The third-order valence-electron chi connectivity index (χ3n) is 2.78. The van der Waals surface area contributed by atoms with Gasteiger partial charge in [-0.1, -0.05) is 6.42 Å². The Bertz CT molecular complexity index is 468. The summed E-state index contributed by atoms with van der Waals surface area (Å²) >= 11 is 0. The first-order valence-corrected chi connectivity index (χ1v) is 7.01. The zero-order chi connectivity index (χ0) is 17.0. The van der Waals surface area contributed by atoms with Crippen LogP contribution in [0.2, 0.25) is 0 Å². The van der Waals surface area contributed by atoms with Gasteiger partial charge in [0.2, 0.25) is 5.91 Å². The minimum absolute atomic E-state index is 0.101. The number of hydrogen-bond acceptors (Lipinski definition) is 5. The van der Waals surface area contributed by atoms with E-state index in [0.29, 0.717) is 25.8 Å². The lowest BCUT2D eigenvalue weighted by atomic mass is 10.2. The van der Waals surface area contributed by atoms with E-state index < -0.39 is 11.9 Å². The number of carbonyl (C=O) groups excluding carboxylic acids is 2. The summed E-state index contributed by atoms with van der Waals surface area (Å²) in [6, 6.07) is 1.75. The van der Waals surface area contributed by atoms with Gasteiger partial charge in [0, 0.05) is 39.2 Å². The predicted octanol–water partition coefficient (Wildman–Crippen LogP) is -0.0377. The summed E-state index contributed by atoms with van der Waals surface area (Å²) in [5.41, 5.74) is 5.19. The predicted molar refractivity (Wildman–Crippen MR) is 79.3 cm³/mol. The van der Waals surface area contributed by atoms with Gasteiger partial charge in [-0.15, -0.1) is 0 Å². The van der Waals surface area contributed by atoms with E-state index in [-0.39, 0.29) is 31.0 Å². The van der Waals surface area contributed by atoms with Crippen molar-refractivity contribution in [2.24, 2.45) is 5.73 Å². The summed E-state index contributed by atoms with van der Waals surface area (Å²) in [5, 5.41) is 20.0. The molecule has 0 heterocycles. The average Bonchev–Trinajstić information content (AvgIpc) is 2.46. The van der Waals surface area contributed by atoms with Crippen molar-refractivity contribution in [2.75, 3.05) is 19.6 Å². The van der Waals surface area contributed by atoms with Crippen LogP contribution in [0.1, 0.15) is 32.6 Å². The van der Waals surface area contributed by atoms with E-state index in [9.17, 15) is 14.4 Å². The molecule has 0 saturated heterocycles. The molecule has 122 valence electrons. The Balaban J connectivity index is 4.33. The first kappa shape index (κ1) is 19.6. The lowest BCUT2D eigenvalue weighted by Gasteiger charge is -2.15. The molecule has 0 bridgehead atoms. The normalized spacial score (nSPS) is 10.7. The highest BCUT2D eigenvalue weighted by molar-refractivity contribution is 5.97. The van der Waals surface area contributed by atoms with Crippen LogP contribution in [0.5, 0.6) is 0 Å². The molecule has 0 aromatic heterocycles. The Morgan fingerprint density at radius 3 is 2.50 bits per heavy atom. The van der Waals surface area contributed by atoms with Gasteiger partial charge in [-0.05, 0) is 12.8 Å². The Morgan fingerprint density at radius 1 is 1.32 bits per heavy atom. The summed E-state index contributed by atoms with van der Waals surface area (Å²) < 4.78 is 0. The van der Waals surface area contributed by atoms with Gasteiger partial charge in [-0.2, -0.15) is 5.26 Å². The standard InChI is InChI=1S/C14H22N4O4/c1-11(19)18(8-6-15)10-12(9-16)14(22)17-7-4-2-3-5-13(20)21/h10H,2-8,15H2,1H3,(H,17,22)(H,20,21)/b12-10-. The largest absolute Gasteiger partial charge is 0.481 e. The van der Waals surface area contributed by atoms with Crippen molar-refractivity contribution in [3.63, 3.8) is 0 Å². The van der Waals surface area contributed by atoms with Gasteiger partial charge in [0.15, 0.2) is 0 Å². The molecule has 0 atom stereocenters. The van der Waals surface area contributed by atoms with Crippen LogP contribution in [-0.4, -0.2) is 47.4 Å². The van der Waals surface area contributed by atoms with E-state index >= 15 is 0 Å². The van der Waals surface area contributed by atoms with E-state index in [1.165, 1.54) is 18.0 Å². The summed E-state index contributed by atoms with van der Waals surface area (Å²) in [6.07, 6.45) is 3.13. The molecular weight excluding hydrogens is 288 g/mol. The molecule has 0 radical (unpaired) electrons. The van der Waals surface area contributed by atoms with Gasteiger partial charge in [-0.3, -0.25) is 14.4 Å². The lowest BCUT2D eigenvalue weighted by molar-refractivity contribution is -0.137. The molecule has 0 spiro atoms. The zero-order valence-electron chi connectivity index (χ0n) is 12.7. The van der Waals surface area contributed by atoms with Gasteiger partial charge in [0.25, 0.3) is 5.91 Å². The fourth-order valence-electron chi connectivity index (χ4n) is 1.62. The number of hydrogen-bond donors (Lipinski definition) is 3. The van der Waals surface area contributed by atoms with Crippen molar-refractivity contribution in [2.45, 2.75) is 32.6 Å². The van der Waals surface area contributed by atoms with Crippen LogP contribution in [0.4, 0.5) is 0 Å². The number of rotatable bonds is 10. The average molecular weight is 310 g/mol. The maximum absolute atomic E-state index is 11.8. The third kappa shape index (κ3) is 8.71. The highest BCUT2D eigenvalue weighted by Gasteiger charge is 2.12. The molecule has 0 aromatic carbocycles. The molecule has 0 fully saturated rings. The molecule has 22 heavy (non-hydrogen) atoms. The SMILES string of the molecule is CC(=O)N(/C=C(/C#N)C(=O)NCCCCCC(=O)O)CCN. The first-order chi connectivity index (χ1) is 10.4. The smallest absolute Gasteiger partial charge is 0.303 e. The maximum atomic E-state index is 11.8. The highest BCUT2D eigenvalue weighted by atomic mass is 16.4. The minimum atomic E-state index is -0.844. The Labute approximate surface area is 129 Å². The van der Waals surface area contributed by atoms with Crippen molar-refractivity contribution in [3.8, 4) is 6.07 Å². The molecule has 0 saturated carbocycles. The van der Waals surface area contributed by atoms with Crippen LogP contribution >= 0.6 is 0 Å². The number of unbranched alkanes of at least 4 members (excludes halogenated alkanes) is 2. The highest BCUT2D eigenvalue weighted by Crippen LogP contribution is 2.01. The topological polar surface area (TPSA) is 137 Å². The number of nitrogens with one attached hydrogen (secondary N) is 1. The van der Waals surface area contributed by atoms with Gasteiger partial charge < -0.3 is 21.1 Å². The number of aliphatic carboxylic acids is 1. The summed E-state index contributed by atoms with van der Waals surface area (Å²) in [4.78, 5) is 34.7. The molecular formula is C14H22N4O4. The summed E-state index contributed by atoms with van der Waals surface area (Å²) in [5.74, 6) is -1.72. The second-order valence-electron chi connectivity index (χ2n) is 4.62. The van der Waals surface area contributed by atoms with Gasteiger partial charge in [0.05, 0.1) is 0 Å². The second-order valence-corrected chi connectivity index (χ2v) is 4.62. The van der Waals surface area contributed by atoms with Crippen LogP contribution in [0, 0.1) is 11.3 Å². The lowest BCUT2D eigenvalue weighted by Crippen LogP contribution is -2.32. The van der Waals surface area contributed by atoms with Gasteiger partial charge in [0.1, 0.15) is 11.6 Å². The number of carboxylic acid groups (broad SMARTS) is 1. The monoisotopic (exact) mass is 310 g/mol. The van der Waals surface area contributed by atoms with Crippen molar-refractivity contribution in [3.05, 3.63) is 11.8 Å². The number of nitriles is 1. The van der Waals surface area contributed by atoms with Crippen LogP contribution in [0.3, 0.4) is 0 Å².